The molecule has 4 heteroatoms. The monoisotopic (exact) mass is 294 g/mol. The van der Waals surface area contributed by atoms with Crippen molar-refractivity contribution >= 4 is 17.7 Å². The van der Waals surface area contributed by atoms with Crippen LogP contribution in [-0.4, -0.2) is 17.2 Å². The molecule has 112 valence electrons. The summed E-state index contributed by atoms with van der Waals surface area (Å²) in [5.74, 6) is 0.506. The highest BCUT2D eigenvalue weighted by Gasteiger charge is 2.24. The first-order valence-corrected chi connectivity index (χ1v) is 7.93. The van der Waals surface area contributed by atoms with Crippen LogP contribution in [0, 0.1) is 0 Å². The number of rotatable bonds is 6. The first kappa shape index (κ1) is 17.1. The van der Waals surface area contributed by atoms with E-state index in [-0.39, 0.29) is 5.41 Å². The van der Waals surface area contributed by atoms with Gasteiger partial charge in [-0.1, -0.05) is 32.9 Å². The average Bonchev–Trinajstić information content (AvgIpc) is 2.34. The van der Waals surface area contributed by atoms with Crippen LogP contribution in [0.1, 0.15) is 46.1 Å². The first-order valence-electron chi connectivity index (χ1n) is 6.95. The summed E-state index contributed by atoms with van der Waals surface area (Å²) in [5, 5.41) is 0. The Morgan fingerprint density at radius 2 is 1.70 bits per heavy atom. The van der Waals surface area contributed by atoms with E-state index in [0.29, 0.717) is 6.42 Å². The molecule has 0 spiro atoms. The second-order valence-corrected chi connectivity index (χ2v) is 7.68. The van der Waals surface area contributed by atoms with Gasteiger partial charge < -0.3 is 11.5 Å². The summed E-state index contributed by atoms with van der Waals surface area (Å²) in [6, 6.07) is 8.67. The highest BCUT2D eigenvalue weighted by Crippen LogP contribution is 2.26. The lowest BCUT2D eigenvalue weighted by molar-refractivity contribution is -0.122. The van der Waals surface area contributed by atoms with Crippen molar-refractivity contribution in [1.82, 2.24) is 0 Å². The van der Waals surface area contributed by atoms with Gasteiger partial charge in [0.1, 0.15) is 0 Å². The number of nitrogens with two attached hydrogens (primary N) is 2. The molecule has 0 aliphatic heterocycles. The highest BCUT2D eigenvalue weighted by atomic mass is 32.2. The van der Waals surface area contributed by atoms with Crippen LogP contribution in [-0.2, 0) is 10.2 Å². The smallest absolute Gasteiger partial charge is 0.237 e. The Bertz CT molecular complexity index is 447. The van der Waals surface area contributed by atoms with E-state index in [0.717, 1.165) is 12.2 Å². The molecule has 1 aromatic carbocycles. The second-order valence-electron chi connectivity index (χ2n) is 6.51. The van der Waals surface area contributed by atoms with E-state index in [1.165, 1.54) is 10.5 Å². The van der Waals surface area contributed by atoms with Crippen molar-refractivity contribution in [2.24, 2.45) is 11.5 Å². The van der Waals surface area contributed by atoms with Crippen molar-refractivity contribution in [3.8, 4) is 0 Å². The number of hydrogen-bond donors (Lipinski definition) is 2. The van der Waals surface area contributed by atoms with E-state index < -0.39 is 11.4 Å². The number of hydrogen-bond acceptors (Lipinski definition) is 3. The fourth-order valence-corrected chi connectivity index (χ4v) is 2.66. The summed E-state index contributed by atoms with van der Waals surface area (Å²) >= 11 is 1.78. The molecule has 1 rings (SSSR count). The van der Waals surface area contributed by atoms with Gasteiger partial charge in [0.05, 0.1) is 5.54 Å². The second kappa shape index (κ2) is 6.64. The SMILES string of the molecule is CC(N)(CCCSc1ccc(C(C)(C)C)cc1)C(N)=O. The minimum absolute atomic E-state index is 0.187. The van der Waals surface area contributed by atoms with Crippen LogP contribution < -0.4 is 11.5 Å². The summed E-state index contributed by atoms with van der Waals surface area (Å²) in [4.78, 5) is 12.4. The summed E-state index contributed by atoms with van der Waals surface area (Å²) in [5.41, 5.74) is 11.7. The molecule has 1 aromatic rings. The zero-order valence-electron chi connectivity index (χ0n) is 12.9. The largest absolute Gasteiger partial charge is 0.368 e. The van der Waals surface area contributed by atoms with Crippen molar-refractivity contribution in [1.29, 1.82) is 0 Å². The minimum Gasteiger partial charge on any atom is -0.368 e. The average molecular weight is 294 g/mol. The van der Waals surface area contributed by atoms with Gasteiger partial charge in [-0.2, -0.15) is 0 Å². The van der Waals surface area contributed by atoms with Gasteiger partial charge in [-0.25, -0.2) is 0 Å². The Kier molecular flexibility index (Phi) is 5.66. The Morgan fingerprint density at radius 3 is 2.15 bits per heavy atom. The van der Waals surface area contributed by atoms with Gasteiger partial charge in [0.2, 0.25) is 5.91 Å². The van der Waals surface area contributed by atoms with Crippen molar-refractivity contribution < 1.29 is 4.79 Å². The summed E-state index contributed by atoms with van der Waals surface area (Å²) < 4.78 is 0. The third kappa shape index (κ3) is 5.17. The highest BCUT2D eigenvalue weighted by molar-refractivity contribution is 7.99. The summed E-state index contributed by atoms with van der Waals surface area (Å²) in [7, 11) is 0. The lowest BCUT2D eigenvalue weighted by atomic mass is 9.87. The zero-order chi connectivity index (χ0) is 15.4. The lowest BCUT2D eigenvalue weighted by Crippen LogP contribution is -2.49. The van der Waals surface area contributed by atoms with Crippen molar-refractivity contribution in [3.63, 3.8) is 0 Å². The van der Waals surface area contributed by atoms with Crippen LogP contribution >= 0.6 is 11.8 Å². The number of thioether (sulfide) groups is 1. The van der Waals surface area contributed by atoms with Gasteiger partial charge in [0, 0.05) is 4.90 Å². The fraction of sp³-hybridized carbons (Fsp3) is 0.562. The molecule has 0 radical (unpaired) electrons. The molecule has 1 amide bonds. The molecule has 4 N–H and O–H groups in total. The molecule has 20 heavy (non-hydrogen) atoms. The molecular formula is C16H26N2OS. The number of carbonyl (C=O) groups excluding carboxylic acids is 1. The summed E-state index contributed by atoms with van der Waals surface area (Å²) in [6.45, 7) is 8.32. The predicted molar refractivity (Wildman–Crippen MR) is 86.9 cm³/mol. The quantitative estimate of drug-likeness (QED) is 0.626. The molecule has 0 saturated carbocycles. The van der Waals surface area contributed by atoms with E-state index in [1.54, 1.807) is 18.7 Å². The normalized spacial score (nSPS) is 14.8. The fourth-order valence-electron chi connectivity index (χ4n) is 1.80. The van der Waals surface area contributed by atoms with E-state index in [9.17, 15) is 4.79 Å². The Hall–Kier alpha value is -1.00. The number of amides is 1. The zero-order valence-corrected chi connectivity index (χ0v) is 13.7. The molecule has 0 bridgehead atoms. The van der Waals surface area contributed by atoms with E-state index in [4.69, 9.17) is 11.5 Å². The van der Waals surface area contributed by atoms with Gasteiger partial charge in [-0.15, -0.1) is 11.8 Å². The minimum atomic E-state index is -0.892. The van der Waals surface area contributed by atoms with Crippen molar-refractivity contribution in [2.45, 2.75) is 56.4 Å². The predicted octanol–water partition coefficient (Wildman–Crippen LogP) is 3.06. The number of primary amides is 1. The third-order valence-corrected chi connectivity index (χ3v) is 4.49. The Labute approximate surface area is 126 Å². The van der Waals surface area contributed by atoms with Gasteiger partial charge in [-0.3, -0.25) is 4.79 Å². The van der Waals surface area contributed by atoms with Crippen LogP contribution in [0.15, 0.2) is 29.2 Å². The molecule has 0 heterocycles. The topological polar surface area (TPSA) is 69.1 Å². The molecule has 1 unspecified atom stereocenters. The van der Waals surface area contributed by atoms with Crippen LogP contribution in [0.25, 0.3) is 0 Å². The van der Waals surface area contributed by atoms with Gasteiger partial charge in [-0.05, 0) is 48.6 Å². The van der Waals surface area contributed by atoms with Crippen molar-refractivity contribution in [2.75, 3.05) is 5.75 Å². The maximum Gasteiger partial charge on any atom is 0.237 e. The standard InChI is InChI=1S/C16H26N2OS/c1-15(2,3)12-6-8-13(9-7-12)20-11-5-10-16(4,18)14(17)19/h6-9H,5,10-11,18H2,1-4H3,(H2,17,19). The van der Waals surface area contributed by atoms with E-state index in [2.05, 4.69) is 45.0 Å². The van der Waals surface area contributed by atoms with Crippen LogP contribution in [0.4, 0.5) is 0 Å². The van der Waals surface area contributed by atoms with Gasteiger partial charge in [0.25, 0.3) is 0 Å². The molecule has 0 aliphatic carbocycles. The van der Waals surface area contributed by atoms with Crippen molar-refractivity contribution in [3.05, 3.63) is 29.8 Å². The Balaban J connectivity index is 2.42. The third-order valence-electron chi connectivity index (χ3n) is 3.39. The molecule has 0 saturated heterocycles. The van der Waals surface area contributed by atoms with Crippen LogP contribution in [0.2, 0.25) is 0 Å². The van der Waals surface area contributed by atoms with Crippen LogP contribution in [0.5, 0.6) is 0 Å². The van der Waals surface area contributed by atoms with E-state index >= 15 is 0 Å². The maximum absolute atomic E-state index is 11.1. The number of benzene rings is 1. The van der Waals surface area contributed by atoms with Crippen LogP contribution in [0.3, 0.4) is 0 Å². The Morgan fingerprint density at radius 1 is 1.15 bits per heavy atom. The van der Waals surface area contributed by atoms with Gasteiger partial charge >= 0.3 is 0 Å². The number of carbonyl (C=O) groups is 1. The molecule has 0 aromatic heterocycles. The lowest BCUT2D eigenvalue weighted by Gasteiger charge is -2.20. The molecule has 0 aliphatic rings. The molecule has 3 nitrogen and oxygen atoms in total. The molecule has 0 fully saturated rings. The molecule has 1 atom stereocenters. The summed E-state index contributed by atoms with van der Waals surface area (Å²) in [6.07, 6.45) is 1.50. The first-order chi connectivity index (χ1) is 9.13. The molecular weight excluding hydrogens is 268 g/mol. The maximum atomic E-state index is 11.1. The van der Waals surface area contributed by atoms with E-state index in [1.807, 2.05) is 0 Å². The van der Waals surface area contributed by atoms with Gasteiger partial charge in [0.15, 0.2) is 0 Å².